The van der Waals surface area contributed by atoms with Gasteiger partial charge in [0.15, 0.2) is 5.84 Å². The first-order valence-corrected chi connectivity index (χ1v) is 5.16. The van der Waals surface area contributed by atoms with E-state index in [-0.39, 0.29) is 18.1 Å². The van der Waals surface area contributed by atoms with Gasteiger partial charge in [-0.05, 0) is 17.7 Å². The van der Waals surface area contributed by atoms with E-state index in [9.17, 15) is 17.6 Å². The third kappa shape index (κ3) is 4.36. The fraction of sp³-hybridized carbons (Fsp3) is 0.400. The molecule has 0 saturated carbocycles. The average Bonchev–Trinajstić information content (AvgIpc) is 2.37. The summed E-state index contributed by atoms with van der Waals surface area (Å²) < 4.78 is 49.0. The molecule has 0 aliphatic heterocycles. The van der Waals surface area contributed by atoms with Gasteiger partial charge in [0.2, 0.25) is 0 Å². The molecule has 5 nitrogen and oxygen atoms in total. The van der Waals surface area contributed by atoms with E-state index in [0.29, 0.717) is 5.56 Å². The van der Waals surface area contributed by atoms with E-state index in [4.69, 9.17) is 10.9 Å². The van der Waals surface area contributed by atoms with E-state index >= 15 is 0 Å². The molecule has 0 aliphatic rings. The number of pyridine rings is 1. The van der Waals surface area contributed by atoms with Crippen molar-refractivity contribution in [2.45, 2.75) is 18.9 Å². The summed E-state index contributed by atoms with van der Waals surface area (Å²) in [4.78, 5) is 3.78. The first-order valence-electron chi connectivity index (χ1n) is 5.16. The molecule has 0 amide bonds. The molecule has 106 valence electrons. The Morgan fingerprint density at radius 2 is 2.21 bits per heavy atom. The van der Waals surface area contributed by atoms with Crippen molar-refractivity contribution in [3.8, 4) is 0 Å². The van der Waals surface area contributed by atoms with Crippen LogP contribution in [0.5, 0.6) is 0 Å². The second-order valence-electron chi connectivity index (χ2n) is 3.70. The molecule has 19 heavy (non-hydrogen) atoms. The zero-order valence-corrected chi connectivity index (χ0v) is 9.65. The van der Waals surface area contributed by atoms with Gasteiger partial charge in [0.25, 0.3) is 0 Å². The predicted octanol–water partition coefficient (Wildman–Crippen LogP) is 1.17. The van der Waals surface area contributed by atoms with Crippen LogP contribution in [-0.4, -0.2) is 34.9 Å². The van der Waals surface area contributed by atoms with E-state index < -0.39 is 18.9 Å². The minimum absolute atomic E-state index is 0.0729. The number of halogens is 4. The summed E-state index contributed by atoms with van der Waals surface area (Å²) in [6, 6.07) is 2.88. The largest absolute Gasteiger partial charge is 0.409 e. The number of oxime groups is 1. The lowest BCUT2D eigenvalue weighted by Gasteiger charge is -2.15. The molecule has 0 aliphatic carbocycles. The van der Waals surface area contributed by atoms with Crippen LogP contribution < -0.4 is 11.1 Å². The number of nitrogens with zero attached hydrogens (tertiary/aromatic N) is 2. The number of hydrogen-bond donors (Lipinski definition) is 3. The van der Waals surface area contributed by atoms with Crippen molar-refractivity contribution in [2.75, 3.05) is 6.54 Å². The molecule has 0 unspecified atom stereocenters. The van der Waals surface area contributed by atoms with Crippen LogP contribution in [0.3, 0.4) is 0 Å². The molecule has 1 aromatic rings. The number of aromatic nitrogens is 1. The standard InChI is InChI=1S/C10H12F4N4O/c11-9(12)10(13,14)5-16-4-6-1-2-17-7(3-6)8(15)18-19/h1-3,9,16,19H,4-5H2,(H2,15,18). The quantitative estimate of drug-likeness (QED) is 0.240. The number of amidine groups is 1. The molecule has 0 spiro atoms. The monoisotopic (exact) mass is 280 g/mol. The number of nitrogens with one attached hydrogen (secondary N) is 1. The Bertz CT molecular complexity index is 453. The van der Waals surface area contributed by atoms with Crippen LogP contribution in [0.25, 0.3) is 0 Å². The van der Waals surface area contributed by atoms with Crippen molar-refractivity contribution in [2.24, 2.45) is 10.9 Å². The highest BCUT2D eigenvalue weighted by molar-refractivity contribution is 5.95. The fourth-order valence-electron chi connectivity index (χ4n) is 1.23. The molecule has 0 aromatic carbocycles. The Labute approximate surface area is 106 Å². The number of rotatable bonds is 6. The highest BCUT2D eigenvalue weighted by Crippen LogP contribution is 2.21. The molecule has 0 atom stereocenters. The van der Waals surface area contributed by atoms with Gasteiger partial charge in [-0.3, -0.25) is 4.98 Å². The van der Waals surface area contributed by atoms with Crippen LogP contribution in [0.2, 0.25) is 0 Å². The zero-order valence-electron chi connectivity index (χ0n) is 9.65. The second-order valence-corrected chi connectivity index (χ2v) is 3.70. The maximum absolute atomic E-state index is 12.6. The summed E-state index contributed by atoms with van der Waals surface area (Å²) in [5.41, 5.74) is 5.94. The van der Waals surface area contributed by atoms with Gasteiger partial charge in [0.05, 0.1) is 6.54 Å². The molecule has 0 bridgehead atoms. The summed E-state index contributed by atoms with van der Waals surface area (Å²) in [6.45, 7) is -1.22. The highest BCUT2D eigenvalue weighted by Gasteiger charge is 2.39. The maximum atomic E-state index is 12.6. The van der Waals surface area contributed by atoms with Crippen LogP contribution in [0.1, 0.15) is 11.3 Å². The Kier molecular flexibility index (Phi) is 5.04. The van der Waals surface area contributed by atoms with Crippen molar-refractivity contribution >= 4 is 5.84 Å². The lowest BCUT2D eigenvalue weighted by atomic mass is 10.2. The predicted molar refractivity (Wildman–Crippen MR) is 59.4 cm³/mol. The molecule has 0 radical (unpaired) electrons. The maximum Gasteiger partial charge on any atom is 0.319 e. The molecular formula is C10H12F4N4O. The summed E-state index contributed by atoms with van der Waals surface area (Å²) >= 11 is 0. The number of alkyl halides is 4. The van der Waals surface area contributed by atoms with E-state index in [1.54, 1.807) is 0 Å². The molecule has 0 fully saturated rings. The van der Waals surface area contributed by atoms with Crippen LogP contribution in [0.4, 0.5) is 17.6 Å². The van der Waals surface area contributed by atoms with Crippen molar-refractivity contribution in [3.05, 3.63) is 29.6 Å². The Hall–Kier alpha value is -1.90. The van der Waals surface area contributed by atoms with Gasteiger partial charge in [-0.15, -0.1) is 0 Å². The van der Waals surface area contributed by atoms with E-state index in [2.05, 4.69) is 15.5 Å². The smallest absolute Gasteiger partial charge is 0.319 e. The van der Waals surface area contributed by atoms with E-state index in [1.807, 2.05) is 0 Å². The van der Waals surface area contributed by atoms with Crippen molar-refractivity contribution in [3.63, 3.8) is 0 Å². The van der Waals surface area contributed by atoms with Crippen molar-refractivity contribution in [1.82, 2.24) is 10.3 Å². The molecule has 4 N–H and O–H groups in total. The van der Waals surface area contributed by atoms with Gasteiger partial charge in [0.1, 0.15) is 5.69 Å². The molecule has 9 heteroatoms. The molecule has 1 rings (SSSR count). The van der Waals surface area contributed by atoms with Gasteiger partial charge in [0, 0.05) is 12.7 Å². The first-order chi connectivity index (χ1) is 8.86. The van der Waals surface area contributed by atoms with E-state index in [0.717, 1.165) is 0 Å². The van der Waals surface area contributed by atoms with Crippen LogP contribution in [-0.2, 0) is 6.54 Å². The first kappa shape index (κ1) is 15.2. The van der Waals surface area contributed by atoms with Gasteiger partial charge in [-0.2, -0.15) is 8.78 Å². The third-order valence-corrected chi connectivity index (χ3v) is 2.20. The third-order valence-electron chi connectivity index (χ3n) is 2.20. The molecule has 1 heterocycles. The van der Waals surface area contributed by atoms with Crippen LogP contribution in [0, 0.1) is 0 Å². The number of nitrogens with two attached hydrogens (primary N) is 1. The van der Waals surface area contributed by atoms with Gasteiger partial charge < -0.3 is 16.3 Å². The van der Waals surface area contributed by atoms with Crippen LogP contribution >= 0.6 is 0 Å². The summed E-state index contributed by atoms with van der Waals surface area (Å²) in [5.74, 6) is -4.32. The Balaban J connectivity index is 2.60. The second kappa shape index (κ2) is 6.32. The SMILES string of the molecule is N/C(=N/O)c1cc(CNCC(F)(F)C(F)F)ccn1. The number of hydrogen-bond acceptors (Lipinski definition) is 4. The van der Waals surface area contributed by atoms with Gasteiger partial charge in [-0.1, -0.05) is 5.16 Å². The summed E-state index contributed by atoms with van der Waals surface area (Å²) in [6.07, 6.45) is -2.39. The van der Waals surface area contributed by atoms with Crippen molar-refractivity contribution < 1.29 is 22.8 Å². The lowest BCUT2D eigenvalue weighted by molar-refractivity contribution is -0.125. The van der Waals surface area contributed by atoms with E-state index in [1.165, 1.54) is 18.3 Å². The van der Waals surface area contributed by atoms with Gasteiger partial charge in [-0.25, -0.2) is 8.78 Å². The Morgan fingerprint density at radius 1 is 1.53 bits per heavy atom. The molecule has 0 saturated heterocycles. The summed E-state index contributed by atoms with van der Waals surface area (Å²) in [7, 11) is 0. The normalized spacial score (nSPS) is 13.0. The zero-order chi connectivity index (χ0) is 14.5. The molecule has 1 aromatic heterocycles. The van der Waals surface area contributed by atoms with Crippen molar-refractivity contribution in [1.29, 1.82) is 0 Å². The average molecular weight is 280 g/mol. The minimum atomic E-state index is -4.08. The lowest BCUT2D eigenvalue weighted by Crippen LogP contribution is -2.38. The summed E-state index contributed by atoms with van der Waals surface area (Å²) in [5, 5.41) is 13.4. The minimum Gasteiger partial charge on any atom is -0.409 e. The highest BCUT2D eigenvalue weighted by atomic mass is 19.3. The fourth-order valence-corrected chi connectivity index (χ4v) is 1.23. The Morgan fingerprint density at radius 3 is 2.79 bits per heavy atom. The topological polar surface area (TPSA) is 83.5 Å². The van der Waals surface area contributed by atoms with Crippen LogP contribution in [0.15, 0.2) is 23.5 Å². The molecular weight excluding hydrogens is 268 g/mol. The van der Waals surface area contributed by atoms with Gasteiger partial charge >= 0.3 is 12.3 Å².